The largest absolute Gasteiger partial charge is 0.314 e. The summed E-state index contributed by atoms with van der Waals surface area (Å²) in [6, 6.07) is 3.01. The zero-order chi connectivity index (χ0) is 13.3. The molecule has 108 valence electrons. The van der Waals surface area contributed by atoms with Crippen LogP contribution in [0.5, 0.6) is 0 Å². The number of aryl methyl sites for hydroxylation is 1. The molecule has 1 fully saturated rings. The van der Waals surface area contributed by atoms with Crippen LogP contribution in [0.4, 0.5) is 0 Å². The van der Waals surface area contributed by atoms with Gasteiger partial charge in [-0.25, -0.2) is 0 Å². The summed E-state index contributed by atoms with van der Waals surface area (Å²) >= 11 is 1.82. The van der Waals surface area contributed by atoms with Crippen molar-refractivity contribution in [1.82, 2.24) is 5.32 Å². The molecule has 1 nitrogen and oxygen atoms in total. The maximum atomic E-state index is 3.72. The molecule has 0 aromatic carbocycles. The fraction of sp³-hybridized carbons (Fsp3) is 0.765. The summed E-state index contributed by atoms with van der Waals surface area (Å²) in [5.41, 5.74) is 1.52. The van der Waals surface area contributed by atoms with Crippen LogP contribution < -0.4 is 5.32 Å². The molecule has 1 unspecified atom stereocenters. The quantitative estimate of drug-likeness (QED) is 0.691. The van der Waals surface area contributed by atoms with E-state index in [2.05, 4.69) is 29.1 Å². The molecule has 0 amide bonds. The van der Waals surface area contributed by atoms with Crippen molar-refractivity contribution >= 4 is 11.3 Å². The van der Waals surface area contributed by atoms with E-state index in [1.54, 1.807) is 0 Å². The number of nitrogens with one attached hydrogen (secondary N) is 1. The van der Waals surface area contributed by atoms with Gasteiger partial charge in [-0.3, -0.25) is 0 Å². The second-order valence-corrected chi connectivity index (χ2v) is 6.80. The lowest BCUT2D eigenvalue weighted by molar-refractivity contribution is 0.343. The standard InChI is InChI=1S/C17H29NS/c1-2-18-17(10-9-16-11-12-19-14-16)13-15-7-5-3-4-6-8-15/h11-12,14-15,17-18H,2-10,13H2,1H3. The molecule has 0 spiro atoms. The van der Waals surface area contributed by atoms with Crippen LogP contribution in [0.25, 0.3) is 0 Å². The predicted octanol–water partition coefficient (Wildman–Crippen LogP) is 5.02. The first-order valence-corrected chi connectivity index (χ1v) is 9.07. The van der Waals surface area contributed by atoms with Crippen LogP contribution in [-0.4, -0.2) is 12.6 Å². The first-order valence-electron chi connectivity index (χ1n) is 8.13. The molecule has 1 aliphatic rings. The van der Waals surface area contributed by atoms with Gasteiger partial charge in [-0.2, -0.15) is 11.3 Å². The minimum absolute atomic E-state index is 0.730. The van der Waals surface area contributed by atoms with Gasteiger partial charge in [-0.1, -0.05) is 45.4 Å². The van der Waals surface area contributed by atoms with Crippen LogP contribution in [0.1, 0.15) is 63.9 Å². The van der Waals surface area contributed by atoms with Gasteiger partial charge in [-0.15, -0.1) is 0 Å². The summed E-state index contributed by atoms with van der Waals surface area (Å²) < 4.78 is 0. The van der Waals surface area contributed by atoms with Gasteiger partial charge in [0.25, 0.3) is 0 Å². The molecular formula is C17H29NS. The number of hydrogen-bond donors (Lipinski definition) is 1. The van der Waals surface area contributed by atoms with E-state index in [0.29, 0.717) is 0 Å². The molecule has 0 saturated heterocycles. The predicted molar refractivity (Wildman–Crippen MR) is 85.9 cm³/mol. The Bertz CT molecular complexity index is 312. The van der Waals surface area contributed by atoms with Crippen LogP contribution in [0.2, 0.25) is 0 Å². The fourth-order valence-corrected chi connectivity index (χ4v) is 4.07. The van der Waals surface area contributed by atoms with E-state index in [4.69, 9.17) is 0 Å². The summed E-state index contributed by atoms with van der Waals surface area (Å²) in [7, 11) is 0. The molecule has 0 radical (unpaired) electrons. The number of rotatable bonds is 7. The Morgan fingerprint density at radius 1 is 1.26 bits per heavy atom. The Labute approximate surface area is 122 Å². The average Bonchev–Trinajstić information content (AvgIpc) is 2.80. The molecule has 1 aliphatic carbocycles. The molecule has 1 N–H and O–H groups in total. The van der Waals surface area contributed by atoms with E-state index >= 15 is 0 Å². The van der Waals surface area contributed by atoms with E-state index in [1.165, 1.54) is 63.4 Å². The molecule has 0 bridgehead atoms. The van der Waals surface area contributed by atoms with E-state index in [0.717, 1.165) is 18.5 Å². The zero-order valence-electron chi connectivity index (χ0n) is 12.4. The molecule has 1 atom stereocenters. The fourth-order valence-electron chi connectivity index (χ4n) is 3.37. The molecule has 1 heterocycles. The van der Waals surface area contributed by atoms with E-state index in [1.807, 2.05) is 11.3 Å². The van der Waals surface area contributed by atoms with E-state index < -0.39 is 0 Å². The summed E-state index contributed by atoms with van der Waals surface area (Å²) in [5.74, 6) is 0.981. The summed E-state index contributed by atoms with van der Waals surface area (Å²) in [4.78, 5) is 0. The van der Waals surface area contributed by atoms with Crippen molar-refractivity contribution in [2.75, 3.05) is 6.54 Å². The first-order chi connectivity index (χ1) is 9.38. The smallest absolute Gasteiger partial charge is 0.00727 e. The van der Waals surface area contributed by atoms with Crippen molar-refractivity contribution < 1.29 is 0 Å². The minimum Gasteiger partial charge on any atom is -0.314 e. The second kappa shape index (κ2) is 8.76. The van der Waals surface area contributed by atoms with E-state index in [9.17, 15) is 0 Å². The van der Waals surface area contributed by atoms with Crippen LogP contribution in [-0.2, 0) is 6.42 Å². The van der Waals surface area contributed by atoms with Crippen molar-refractivity contribution in [3.63, 3.8) is 0 Å². The van der Waals surface area contributed by atoms with Crippen LogP contribution in [0.3, 0.4) is 0 Å². The maximum absolute atomic E-state index is 3.72. The number of thiophene rings is 1. The highest BCUT2D eigenvalue weighted by molar-refractivity contribution is 7.07. The van der Waals surface area contributed by atoms with Gasteiger partial charge in [-0.05, 0) is 54.1 Å². The van der Waals surface area contributed by atoms with Crippen molar-refractivity contribution in [1.29, 1.82) is 0 Å². The topological polar surface area (TPSA) is 12.0 Å². The second-order valence-electron chi connectivity index (χ2n) is 6.02. The monoisotopic (exact) mass is 279 g/mol. The van der Waals surface area contributed by atoms with Crippen LogP contribution in [0, 0.1) is 5.92 Å². The Hall–Kier alpha value is -0.340. The van der Waals surface area contributed by atoms with Gasteiger partial charge in [0.2, 0.25) is 0 Å². The SMILES string of the molecule is CCNC(CCc1ccsc1)CC1CCCCCC1. The first kappa shape index (κ1) is 15.1. The summed E-state index contributed by atoms with van der Waals surface area (Å²) in [6.07, 6.45) is 12.8. The van der Waals surface area contributed by atoms with Gasteiger partial charge in [0.05, 0.1) is 0 Å². The average molecular weight is 279 g/mol. The number of hydrogen-bond acceptors (Lipinski definition) is 2. The summed E-state index contributed by atoms with van der Waals surface area (Å²) in [6.45, 7) is 3.35. The molecule has 2 rings (SSSR count). The lowest BCUT2D eigenvalue weighted by atomic mass is 9.90. The van der Waals surface area contributed by atoms with Gasteiger partial charge < -0.3 is 5.32 Å². The van der Waals surface area contributed by atoms with Crippen LogP contribution >= 0.6 is 11.3 Å². The van der Waals surface area contributed by atoms with Crippen molar-refractivity contribution in [2.24, 2.45) is 5.92 Å². The van der Waals surface area contributed by atoms with Gasteiger partial charge in [0.1, 0.15) is 0 Å². The third kappa shape index (κ3) is 5.66. The maximum Gasteiger partial charge on any atom is 0.00727 e. The van der Waals surface area contributed by atoms with E-state index in [-0.39, 0.29) is 0 Å². The van der Waals surface area contributed by atoms with Crippen LogP contribution in [0.15, 0.2) is 16.8 Å². The van der Waals surface area contributed by atoms with Crippen molar-refractivity contribution in [3.8, 4) is 0 Å². The third-order valence-corrected chi connectivity index (χ3v) is 5.18. The molecule has 19 heavy (non-hydrogen) atoms. The lowest BCUT2D eigenvalue weighted by Gasteiger charge is -2.23. The van der Waals surface area contributed by atoms with Gasteiger partial charge >= 0.3 is 0 Å². The highest BCUT2D eigenvalue weighted by Gasteiger charge is 2.17. The normalized spacial score (nSPS) is 19.2. The molecular weight excluding hydrogens is 250 g/mol. The highest BCUT2D eigenvalue weighted by Crippen LogP contribution is 2.27. The third-order valence-electron chi connectivity index (χ3n) is 4.45. The Balaban J connectivity index is 1.77. The highest BCUT2D eigenvalue weighted by atomic mass is 32.1. The van der Waals surface area contributed by atoms with Crippen molar-refractivity contribution in [3.05, 3.63) is 22.4 Å². The molecule has 1 aromatic rings. The molecule has 1 aromatic heterocycles. The molecule has 0 aliphatic heterocycles. The lowest BCUT2D eigenvalue weighted by Crippen LogP contribution is -2.31. The minimum atomic E-state index is 0.730. The summed E-state index contributed by atoms with van der Waals surface area (Å²) in [5, 5.41) is 8.21. The Kier molecular flexibility index (Phi) is 6.94. The molecule has 2 heteroatoms. The zero-order valence-corrected chi connectivity index (χ0v) is 13.2. The Morgan fingerprint density at radius 2 is 2.05 bits per heavy atom. The Morgan fingerprint density at radius 3 is 2.68 bits per heavy atom. The molecule has 1 saturated carbocycles. The van der Waals surface area contributed by atoms with Gasteiger partial charge in [0.15, 0.2) is 0 Å². The van der Waals surface area contributed by atoms with Crippen molar-refractivity contribution in [2.45, 2.75) is 70.8 Å². The van der Waals surface area contributed by atoms with Gasteiger partial charge in [0, 0.05) is 6.04 Å².